The summed E-state index contributed by atoms with van der Waals surface area (Å²) in [6, 6.07) is 0. The molecule has 0 bridgehead atoms. The molecule has 1 N–H and O–H groups in total. The summed E-state index contributed by atoms with van der Waals surface area (Å²) in [6.07, 6.45) is 3.28. The smallest absolute Gasteiger partial charge is 0.0701 e. The first-order chi connectivity index (χ1) is 6.33. The highest BCUT2D eigenvalue weighted by Gasteiger charge is 1.84. The zero-order valence-electron chi connectivity index (χ0n) is 8.37. The van der Waals surface area contributed by atoms with Crippen molar-refractivity contribution in [3.8, 4) is 0 Å². The third-order valence-electron chi connectivity index (χ3n) is 0.978. The van der Waals surface area contributed by atoms with Crippen molar-refractivity contribution in [2.45, 2.75) is 6.92 Å². The maximum Gasteiger partial charge on any atom is 0.0701 e. The third-order valence-corrected chi connectivity index (χ3v) is 0.978. The second-order valence-electron chi connectivity index (χ2n) is 2.00. The van der Waals surface area contributed by atoms with Crippen LogP contribution in [0.5, 0.6) is 0 Å². The molecule has 0 saturated heterocycles. The zero-order valence-corrected chi connectivity index (χ0v) is 8.37. The molecule has 0 aromatic rings. The van der Waals surface area contributed by atoms with Gasteiger partial charge in [0.2, 0.25) is 0 Å². The van der Waals surface area contributed by atoms with E-state index in [1.165, 1.54) is 0 Å². The van der Waals surface area contributed by atoms with E-state index in [2.05, 4.69) is 13.2 Å². The number of aliphatic hydroxyl groups is 1. The second kappa shape index (κ2) is 17.4. The first-order valence-electron chi connectivity index (χ1n) is 4.33. The van der Waals surface area contributed by atoms with Crippen LogP contribution in [0.4, 0.5) is 0 Å². The largest absolute Gasteiger partial charge is 0.394 e. The van der Waals surface area contributed by atoms with Gasteiger partial charge in [0.25, 0.3) is 0 Å². The zero-order chi connectivity index (χ0) is 10.4. The van der Waals surface area contributed by atoms with Crippen LogP contribution in [0.2, 0.25) is 0 Å². The van der Waals surface area contributed by atoms with Crippen LogP contribution in [0, 0.1) is 0 Å². The van der Waals surface area contributed by atoms with Crippen LogP contribution >= 0.6 is 0 Å². The first-order valence-corrected chi connectivity index (χ1v) is 4.33. The van der Waals surface area contributed by atoms with Gasteiger partial charge in [-0.3, -0.25) is 0 Å². The monoisotopic (exact) mass is 188 g/mol. The molecule has 0 rings (SSSR count). The van der Waals surface area contributed by atoms with Crippen molar-refractivity contribution < 1.29 is 14.6 Å². The molecular formula is C10H20O3. The van der Waals surface area contributed by atoms with Gasteiger partial charge in [-0.25, -0.2) is 0 Å². The van der Waals surface area contributed by atoms with Crippen molar-refractivity contribution in [1.29, 1.82) is 0 Å². The molecule has 0 radical (unpaired) electrons. The minimum atomic E-state index is 0.0894. The molecule has 13 heavy (non-hydrogen) atoms. The van der Waals surface area contributed by atoms with Crippen LogP contribution in [0.15, 0.2) is 25.3 Å². The number of rotatable bonds is 7. The summed E-state index contributed by atoms with van der Waals surface area (Å²) < 4.78 is 9.88. The molecule has 0 aromatic heterocycles. The van der Waals surface area contributed by atoms with Gasteiger partial charge in [-0.2, -0.15) is 0 Å². The minimum Gasteiger partial charge on any atom is -0.394 e. The van der Waals surface area contributed by atoms with Crippen molar-refractivity contribution in [1.82, 2.24) is 0 Å². The number of aliphatic hydroxyl groups excluding tert-OH is 1. The van der Waals surface area contributed by atoms with E-state index in [-0.39, 0.29) is 6.61 Å². The van der Waals surface area contributed by atoms with Gasteiger partial charge in [0.1, 0.15) is 0 Å². The van der Waals surface area contributed by atoms with E-state index in [0.29, 0.717) is 19.8 Å². The maximum absolute atomic E-state index is 8.26. The van der Waals surface area contributed by atoms with Crippen molar-refractivity contribution in [3.63, 3.8) is 0 Å². The van der Waals surface area contributed by atoms with E-state index >= 15 is 0 Å². The Balaban J connectivity index is 0. The third kappa shape index (κ3) is 24.6. The topological polar surface area (TPSA) is 38.7 Å². The van der Waals surface area contributed by atoms with Crippen LogP contribution in [0.25, 0.3) is 0 Å². The Morgan fingerprint density at radius 3 is 2.00 bits per heavy atom. The Morgan fingerprint density at radius 2 is 1.62 bits per heavy atom. The molecule has 0 unspecified atom stereocenters. The molecule has 3 nitrogen and oxygen atoms in total. The number of ether oxygens (including phenoxy) is 2. The van der Waals surface area contributed by atoms with E-state index < -0.39 is 0 Å². The summed E-state index contributed by atoms with van der Waals surface area (Å²) in [5, 5.41) is 8.26. The van der Waals surface area contributed by atoms with Crippen molar-refractivity contribution in [2.75, 3.05) is 33.0 Å². The van der Waals surface area contributed by atoms with Gasteiger partial charge in [0.05, 0.1) is 26.4 Å². The maximum atomic E-state index is 8.26. The Bertz CT molecular complexity index is 90.3. The highest BCUT2D eigenvalue weighted by Crippen LogP contribution is 1.76. The van der Waals surface area contributed by atoms with Crippen molar-refractivity contribution in [2.24, 2.45) is 0 Å². The summed E-state index contributed by atoms with van der Waals surface area (Å²) in [4.78, 5) is 0. The number of hydrogen-bond acceptors (Lipinski definition) is 3. The predicted molar refractivity (Wildman–Crippen MR) is 54.8 cm³/mol. The molecule has 0 amide bonds. The Kier molecular flexibility index (Phi) is 19.9. The molecule has 0 atom stereocenters. The molecule has 0 aliphatic heterocycles. The molecule has 0 heterocycles. The van der Waals surface area contributed by atoms with E-state index in [0.717, 1.165) is 6.61 Å². The lowest BCUT2D eigenvalue weighted by atomic mass is 10.6. The number of hydrogen-bond donors (Lipinski definition) is 1. The quantitative estimate of drug-likeness (QED) is 0.484. The van der Waals surface area contributed by atoms with Crippen LogP contribution in [-0.4, -0.2) is 38.1 Å². The Hall–Kier alpha value is -0.640. The summed E-state index contributed by atoms with van der Waals surface area (Å²) in [5.41, 5.74) is 0. The molecule has 0 saturated carbocycles. The van der Waals surface area contributed by atoms with E-state index in [1.807, 2.05) is 6.92 Å². The summed E-state index contributed by atoms with van der Waals surface area (Å²) in [5.74, 6) is 0. The average Bonchev–Trinajstić information content (AvgIpc) is 2.18. The summed E-state index contributed by atoms with van der Waals surface area (Å²) >= 11 is 0. The van der Waals surface area contributed by atoms with Gasteiger partial charge in [0.15, 0.2) is 0 Å². The average molecular weight is 188 g/mol. The molecular weight excluding hydrogens is 168 g/mol. The van der Waals surface area contributed by atoms with Gasteiger partial charge in [-0.15, -0.1) is 0 Å². The summed E-state index contributed by atoms with van der Waals surface area (Å²) in [6.45, 7) is 11.1. The fourth-order valence-corrected chi connectivity index (χ4v) is 0.429. The molecule has 0 aliphatic carbocycles. The lowest BCUT2D eigenvalue weighted by Crippen LogP contribution is -2.06. The van der Waals surface area contributed by atoms with Crippen LogP contribution in [-0.2, 0) is 9.47 Å². The molecule has 0 fully saturated rings. The lowest BCUT2D eigenvalue weighted by Gasteiger charge is -2.00. The van der Waals surface area contributed by atoms with Gasteiger partial charge < -0.3 is 14.6 Å². The molecule has 3 heteroatoms. The Morgan fingerprint density at radius 1 is 1.08 bits per heavy atom. The van der Waals surface area contributed by atoms with Gasteiger partial charge in [0, 0.05) is 6.61 Å². The fraction of sp³-hybridized carbons (Fsp3) is 0.600. The highest BCUT2D eigenvalue weighted by molar-refractivity contribution is 4.88. The molecule has 0 aromatic carbocycles. The number of allylic oxidation sites excluding steroid dienone is 2. The summed E-state index contributed by atoms with van der Waals surface area (Å²) in [7, 11) is 0. The SMILES string of the molecule is C=CC=C.CCOCCOCCO. The van der Waals surface area contributed by atoms with Gasteiger partial charge >= 0.3 is 0 Å². The highest BCUT2D eigenvalue weighted by atomic mass is 16.5. The van der Waals surface area contributed by atoms with E-state index in [9.17, 15) is 0 Å². The molecule has 0 spiro atoms. The lowest BCUT2D eigenvalue weighted by molar-refractivity contribution is 0.0370. The van der Waals surface area contributed by atoms with Crippen molar-refractivity contribution in [3.05, 3.63) is 25.3 Å². The van der Waals surface area contributed by atoms with Crippen LogP contribution in [0.3, 0.4) is 0 Å². The minimum absolute atomic E-state index is 0.0894. The predicted octanol–water partition coefficient (Wildman–Crippen LogP) is 1.39. The second-order valence-corrected chi connectivity index (χ2v) is 2.00. The van der Waals surface area contributed by atoms with E-state index in [4.69, 9.17) is 14.6 Å². The standard InChI is InChI=1S/C6H14O3.C4H6/c1-2-8-5-6-9-4-3-7;1-3-4-2/h7H,2-6H2,1H3;3-4H,1-2H2. The van der Waals surface area contributed by atoms with Crippen LogP contribution in [0.1, 0.15) is 6.92 Å². The molecule has 0 aliphatic rings. The first kappa shape index (κ1) is 14.9. The van der Waals surface area contributed by atoms with Crippen molar-refractivity contribution >= 4 is 0 Å². The van der Waals surface area contributed by atoms with Gasteiger partial charge in [-0.1, -0.05) is 25.3 Å². The van der Waals surface area contributed by atoms with Crippen LogP contribution < -0.4 is 0 Å². The Labute approximate surface area is 80.7 Å². The molecule has 78 valence electrons. The fourth-order valence-electron chi connectivity index (χ4n) is 0.429. The normalized spacial score (nSPS) is 8.46. The van der Waals surface area contributed by atoms with Gasteiger partial charge in [-0.05, 0) is 6.92 Å². The van der Waals surface area contributed by atoms with E-state index in [1.54, 1.807) is 12.2 Å².